The number of hydrogen-bond acceptors (Lipinski definition) is 3. The molecule has 2 atom stereocenters. The van der Waals surface area contributed by atoms with Crippen molar-refractivity contribution in [1.29, 1.82) is 0 Å². The number of rotatable bonds is 3. The predicted molar refractivity (Wildman–Crippen MR) is 72.6 cm³/mol. The third-order valence-corrected chi connectivity index (χ3v) is 3.14. The average molecular weight is 298 g/mol. The van der Waals surface area contributed by atoms with Crippen molar-refractivity contribution < 1.29 is 23.2 Å². The largest absolute Gasteiger partial charge is 0.745 e. The molecule has 7 heteroatoms. The lowest BCUT2D eigenvalue weighted by Gasteiger charge is -1.98. The summed E-state index contributed by atoms with van der Waals surface area (Å²) in [5, 5.41) is 0. The molecular weight excluding hydrogens is 286 g/mol. The molecule has 2 N–H and O–H groups in total. The molecule has 0 saturated heterocycles. The lowest BCUT2D eigenvalue weighted by Crippen LogP contribution is -1.73. The zero-order valence-corrected chi connectivity index (χ0v) is 11.6. The van der Waals surface area contributed by atoms with E-state index in [0.29, 0.717) is 0 Å². The Hall–Kier alpha value is -1.48. The maximum absolute atomic E-state index is 9.39. The summed E-state index contributed by atoms with van der Waals surface area (Å²) in [4.78, 5) is 15.3. The molecule has 0 aromatic heterocycles. The van der Waals surface area contributed by atoms with Crippen molar-refractivity contribution in [2.75, 3.05) is 0 Å². The molecule has 2 aromatic rings. The highest BCUT2D eigenvalue weighted by Gasteiger charge is 2.31. The van der Waals surface area contributed by atoms with Crippen LogP contribution in [-0.4, -0.2) is 9.79 Å². The SMILES string of the molecule is O=[P+](O)O[P+](=O)O.c1ccc(-c2ccccc2)cc1. The van der Waals surface area contributed by atoms with E-state index in [1.807, 2.05) is 12.1 Å². The van der Waals surface area contributed by atoms with Gasteiger partial charge in [0.25, 0.3) is 0 Å². The van der Waals surface area contributed by atoms with Crippen molar-refractivity contribution in [1.82, 2.24) is 0 Å². The molecule has 98 valence electrons. The van der Waals surface area contributed by atoms with Crippen LogP contribution in [0, 0.1) is 0 Å². The highest BCUT2D eigenvalue weighted by atomic mass is 31.2. The first-order chi connectivity index (χ1) is 9.09. The minimum absolute atomic E-state index is 1.28. The van der Waals surface area contributed by atoms with E-state index in [9.17, 15) is 9.13 Å². The van der Waals surface area contributed by atoms with Gasteiger partial charge in [0.2, 0.25) is 0 Å². The van der Waals surface area contributed by atoms with Crippen molar-refractivity contribution in [3.63, 3.8) is 0 Å². The fourth-order valence-electron chi connectivity index (χ4n) is 1.32. The molecule has 5 nitrogen and oxygen atoms in total. The Bertz CT molecular complexity index is 481. The lowest BCUT2D eigenvalue weighted by atomic mass is 10.1. The van der Waals surface area contributed by atoms with Crippen molar-refractivity contribution in [2.24, 2.45) is 0 Å². The summed E-state index contributed by atoms with van der Waals surface area (Å²) < 4.78 is 22.2. The fraction of sp³-hybridized carbons (Fsp3) is 0. The highest BCUT2D eigenvalue weighted by Crippen LogP contribution is 2.30. The van der Waals surface area contributed by atoms with Gasteiger partial charge >= 0.3 is 16.5 Å². The van der Waals surface area contributed by atoms with Crippen LogP contribution in [0.25, 0.3) is 11.1 Å². The minimum atomic E-state index is -2.92. The van der Waals surface area contributed by atoms with Crippen LogP contribution in [0.2, 0.25) is 0 Å². The van der Waals surface area contributed by atoms with Gasteiger partial charge in [0.15, 0.2) is 4.31 Å². The molecule has 2 unspecified atom stereocenters. The van der Waals surface area contributed by atoms with E-state index < -0.39 is 16.5 Å². The molecule has 0 aliphatic carbocycles. The van der Waals surface area contributed by atoms with Gasteiger partial charge in [-0.05, 0) is 11.1 Å². The Labute approximate surface area is 112 Å². The van der Waals surface area contributed by atoms with Gasteiger partial charge < -0.3 is 0 Å². The first kappa shape index (κ1) is 15.6. The second kappa shape index (κ2) is 8.59. The van der Waals surface area contributed by atoms with Gasteiger partial charge in [0.1, 0.15) is 0 Å². The Morgan fingerprint density at radius 2 is 1.00 bits per heavy atom. The third-order valence-electron chi connectivity index (χ3n) is 2.02. The molecule has 0 bridgehead atoms. The Kier molecular flexibility index (Phi) is 7.04. The topological polar surface area (TPSA) is 83.8 Å². The van der Waals surface area contributed by atoms with E-state index in [1.54, 1.807) is 0 Å². The molecule has 0 aliphatic heterocycles. The van der Waals surface area contributed by atoms with Crippen molar-refractivity contribution in [2.45, 2.75) is 0 Å². The summed E-state index contributed by atoms with van der Waals surface area (Å²) in [6.45, 7) is 0. The Morgan fingerprint density at radius 3 is 1.21 bits per heavy atom. The van der Waals surface area contributed by atoms with E-state index in [0.717, 1.165) is 0 Å². The summed E-state index contributed by atoms with van der Waals surface area (Å²) in [6.07, 6.45) is 0. The summed E-state index contributed by atoms with van der Waals surface area (Å²) in [7, 11) is -5.85. The van der Waals surface area contributed by atoms with E-state index in [1.165, 1.54) is 11.1 Å². The smallest absolute Gasteiger partial charge is 0.131 e. The van der Waals surface area contributed by atoms with E-state index in [4.69, 9.17) is 9.79 Å². The molecular formula is C12H12O5P2+2. The summed E-state index contributed by atoms with van der Waals surface area (Å²) in [6, 6.07) is 20.8. The zero-order chi connectivity index (χ0) is 14.1. The van der Waals surface area contributed by atoms with Crippen molar-refractivity contribution in [3.8, 4) is 11.1 Å². The predicted octanol–water partition coefficient (Wildman–Crippen LogP) is 3.66. The summed E-state index contributed by atoms with van der Waals surface area (Å²) in [5.41, 5.74) is 2.55. The van der Waals surface area contributed by atoms with E-state index in [2.05, 4.69) is 52.8 Å². The second-order valence-corrected chi connectivity index (χ2v) is 4.89. The summed E-state index contributed by atoms with van der Waals surface area (Å²) >= 11 is 0. The number of benzene rings is 2. The fourth-order valence-corrected chi connectivity index (χ4v) is 1.80. The van der Waals surface area contributed by atoms with Gasteiger partial charge in [-0.2, -0.15) is 0 Å². The Morgan fingerprint density at radius 1 is 0.684 bits per heavy atom. The van der Waals surface area contributed by atoms with Crippen LogP contribution < -0.4 is 0 Å². The quantitative estimate of drug-likeness (QED) is 0.845. The monoisotopic (exact) mass is 298 g/mol. The van der Waals surface area contributed by atoms with Crippen molar-refractivity contribution in [3.05, 3.63) is 60.7 Å². The van der Waals surface area contributed by atoms with Crippen LogP contribution in [0.3, 0.4) is 0 Å². The molecule has 0 radical (unpaired) electrons. The van der Waals surface area contributed by atoms with Gasteiger partial charge in [-0.15, -0.1) is 9.79 Å². The molecule has 0 fully saturated rings. The van der Waals surface area contributed by atoms with E-state index in [-0.39, 0.29) is 0 Å². The average Bonchev–Trinajstić information content (AvgIpc) is 2.40. The van der Waals surface area contributed by atoms with Gasteiger partial charge in [-0.25, -0.2) is 0 Å². The van der Waals surface area contributed by atoms with Crippen LogP contribution in [0.1, 0.15) is 0 Å². The zero-order valence-electron chi connectivity index (χ0n) is 9.79. The molecule has 0 aliphatic rings. The van der Waals surface area contributed by atoms with E-state index >= 15 is 0 Å². The van der Waals surface area contributed by atoms with Crippen molar-refractivity contribution >= 4 is 16.5 Å². The molecule has 0 spiro atoms. The highest BCUT2D eigenvalue weighted by molar-refractivity contribution is 7.46. The second-order valence-electron chi connectivity index (χ2n) is 3.29. The molecule has 2 aromatic carbocycles. The van der Waals surface area contributed by atoms with Gasteiger partial charge in [0.05, 0.1) is 0 Å². The van der Waals surface area contributed by atoms with Gasteiger partial charge in [0, 0.05) is 9.13 Å². The molecule has 19 heavy (non-hydrogen) atoms. The van der Waals surface area contributed by atoms with Gasteiger partial charge in [-0.3, -0.25) is 0 Å². The minimum Gasteiger partial charge on any atom is -0.131 e. The van der Waals surface area contributed by atoms with Crippen LogP contribution >= 0.6 is 16.5 Å². The summed E-state index contributed by atoms with van der Waals surface area (Å²) in [5.74, 6) is 0. The third kappa shape index (κ3) is 6.87. The maximum Gasteiger partial charge on any atom is 0.745 e. The van der Waals surface area contributed by atoms with Crippen LogP contribution in [0.4, 0.5) is 0 Å². The standard InChI is InChI=1S/C12H10.O5P2/c1-3-7-11(8-4-1)12-9-5-2-6-10-12;1-6(2)5-7(3)4/h1-10H;/p+2. The van der Waals surface area contributed by atoms with Crippen LogP contribution in [0.15, 0.2) is 60.7 Å². The first-order valence-corrected chi connectivity index (χ1v) is 7.46. The molecule has 2 rings (SSSR count). The lowest BCUT2D eigenvalue weighted by molar-refractivity contribution is 0.371. The maximum atomic E-state index is 9.39. The number of hydrogen-bond donors (Lipinski definition) is 2. The van der Waals surface area contributed by atoms with Crippen LogP contribution in [-0.2, 0) is 13.4 Å². The molecule has 0 amide bonds. The first-order valence-electron chi connectivity index (χ1n) is 5.20. The normalized spacial score (nSPS) is 11.1. The van der Waals surface area contributed by atoms with Gasteiger partial charge in [-0.1, -0.05) is 60.7 Å². The molecule has 0 saturated carbocycles. The Balaban J connectivity index is 0.000000224. The van der Waals surface area contributed by atoms with Crippen LogP contribution in [0.5, 0.6) is 0 Å². The molecule has 0 heterocycles.